The van der Waals surface area contributed by atoms with Gasteiger partial charge < -0.3 is 5.32 Å². The van der Waals surface area contributed by atoms with Crippen molar-refractivity contribution in [1.29, 1.82) is 0 Å². The molecular formula is C10H18N2O2S2. The lowest BCUT2D eigenvalue weighted by atomic mass is 10.2. The first kappa shape index (κ1) is 13.6. The highest BCUT2D eigenvalue weighted by atomic mass is 32.2. The summed E-state index contributed by atoms with van der Waals surface area (Å²) in [6, 6.07) is 2.16. The molecule has 0 radical (unpaired) electrons. The van der Waals surface area contributed by atoms with Crippen LogP contribution in [0.3, 0.4) is 0 Å². The predicted molar refractivity (Wildman–Crippen MR) is 68.1 cm³/mol. The molecule has 0 saturated heterocycles. The average molecular weight is 262 g/mol. The maximum atomic E-state index is 10.7. The molecule has 0 aliphatic rings. The second-order valence-electron chi connectivity index (χ2n) is 3.84. The number of nitrogens with two attached hydrogens (primary N) is 1. The van der Waals surface area contributed by atoms with E-state index in [0.717, 1.165) is 6.54 Å². The number of aryl methyl sites for hydroxylation is 2. The van der Waals surface area contributed by atoms with Gasteiger partial charge in [0, 0.05) is 16.3 Å². The molecule has 0 fully saturated rings. The van der Waals surface area contributed by atoms with E-state index in [9.17, 15) is 8.42 Å². The maximum absolute atomic E-state index is 10.7. The van der Waals surface area contributed by atoms with Gasteiger partial charge in [0.25, 0.3) is 0 Å². The number of thiophene rings is 1. The summed E-state index contributed by atoms with van der Waals surface area (Å²) in [6.45, 7) is 5.65. The molecule has 1 heterocycles. The lowest BCUT2D eigenvalue weighted by Gasteiger charge is -2.03. The van der Waals surface area contributed by atoms with E-state index in [0.29, 0.717) is 13.0 Å². The molecule has 0 amide bonds. The largest absolute Gasteiger partial charge is 0.313 e. The van der Waals surface area contributed by atoms with Gasteiger partial charge in [-0.3, -0.25) is 0 Å². The van der Waals surface area contributed by atoms with E-state index in [-0.39, 0.29) is 5.75 Å². The van der Waals surface area contributed by atoms with Gasteiger partial charge in [-0.15, -0.1) is 11.3 Å². The fourth-order valence-corrected chi connectivity index (χ4v) is 2.97. The normalized spacial score (nSPS) is 11.9. The zero-order chi connectivity index (χ0) is 12.2. The monoisotopic (exact) mass is 262 g/mol. The third kappa shape index (κ3) is 5.07. The molecule has 92 valence electrons. The predicted octanol–water partition coefficient (Wildman–Crippen LogP) is 1.13. The van der Waals surface area contributed by atoms with Gasteiger partial charge in [0.15, 0.2) is 0 Å². The van der Waals surface area contributed by atoms with Crippen molar-refractivity contribution < 1.29 is 8.42 Å². The first-order valence-electron chi connectivity index (χ1n) is 5.15. The summed E-state index contributed by atoms with van der Waals surface area (Å²) in [5.74, 6) is 0.0433. The van der Waals surface area contributed by atoms with Crippen molar-refractivity contribution in [3.8, 4) is 0 Å². The van der Waals surface area contributed by atoms with Gasteiger partial charge in [0.05, 0.1) is 5.75 Å². The molecule has 0 saturated carbocycles. The molecule has 4 nitrogen and oxygen atoms in total. The first-order chi connectivity index (χ1) is 7.38. The molecule has 0 unspecified atom stereocenters. The van der Waals surface area contributed by atoms with Gasteiger partial charge in [-0.05, 0) is 38.4 Å². The Kier molecular flexibility index (Phi) is 4.91. The topological polar surface area (TPSA) is 72.2 Å². The molecule has 0 aromatic carbocycles. The van der Waals surface area contributed by atoms with Gasteiger partial charge in [-0.25, -0.2) is 13.6 Å². The summed E-state index contributed by atoms with van der Waals surface area (Å²) in [4.78, 5) is 2.62. The number of hydrogen-bond acceptors (Lipinski definition) is 4. The lowest BCUT2D eigenvalue weighted by Crippen LogP contribution is -2.22. The molecule has 0 spiro atoms. The van der Waals surface area contributed by atoms with Crippen LogP contribution in [0.1, 0.15) is 21.7 Å². The van der Waals surface area contributed by atoms with Crippen LogP contribution in [0.2, 0.25) is 0 Å². The summed E-state index contributed by atoms with van der Waals surface area (Å²) < 4.78 is 21.3. The van der Waals surface area contributed by atoms with E-state index in [1.807, 2.05) is 0 Å². The minimum atomic E-state index is -3.31. The summed E-state index contributed by atoms with van der Waals surface area (Å²) in [6.07, 6.45) is 0.557. The van der Waals surface area contributed by atoms with Crippen molar-refractivity contribution in [2.24, 2.45) is 5.14 Å². The Balaban J connectivity index is 2.24. The van der Waals surface area contributed by atoms with Crippen molar-refractivity contribution in [3.63, 3.8) is 0 Å². The summed E-state index contributed by atoms with van der Waals surface area (Å²) >= 11 is 1.78. The Labute approximate surface area is 101 Å². The minimum absolute atomic E-state index is 0.0433. The highest BCUT2D eigenvalue weighted by molar-refractivity contribution is 7.89. The Morgan fingerprint density at radius 1 is 1.44 bits per heavy atom. The van der Waals surface area contributed by atoms with Crippen LogP contribution in [0.4, 0.5) is 0 Å². The smallest absolute Gasteiger partial charge is 0.209 e. The number of nitrogens with one attached hydrogen (secondary N) is 1. The van der Waals surface area contributed by atoms with Crippen molar-refractivity contribution in [2.75, 3.05) is 12.3 Å². The number of primary sulfonamides is 1. The summed E-state index contributed by atoms with van der Waals surface area (Å²) in [7, 11) is -3.31. The molecule has 0 aliphatic carbocycles. The molecule has 6 heteroatoms. The van der Waals surface area contributed by atoms with E-state index in [1.165, 1.54) is 15.3 Å². The molecule has 1 aromatic heterocycles. The molecule has 0 atom stereocenters. The Morgan fingerprint density at radius 3 is 2.62 bits per heavy atom. The van der Waals surface area contributed by atoms with E-state index in [1.54, 1.807) is 11.3 Å². The van der Waals surface area contributed by atoms with Crippen LogP contribution in [-0.4, -0.2) is 20.7 Å². The second kappa shape index (κ2) is 5.77. The van der Waals surface area contributed by atoms with Gasteiger partial charge >= 0.3 is 0 Å². The third-order valence-electron chi connectivity index (χ3n) is 2.24. The summed E-state index contributed by atoms with van der Waals surface area (Å²) in [5, 5.41) is 8.12. The number of sulfonamides is 1. The van der Waals surface area contributed by atoms with Crippen LogP contribution in [0.25, 0.3) is 0 Å². The molecular weight excluding hydrogens is 244 g/mol. The molecule has 1 aromatic rings. The summed E-state index contributed by atoms with van der Waals surface area (Å²) in [5.41, 5.74) is 1.29. The van der Waals surface area contributed by atoms with E-state index < -0.39 is 10.0 Å². The van der Waals surface area contributed by atoms with Crippen molar-refractivity contribution in [1.82, 2.24) is 5.32 Å². The molecule has 0 bridgehead atoms. The standard InChI is InChI=1S/C10H18N2O2S2/c1-8-6-10(9(2)15-8)7-12-4-3-5-16(11,13)14/h6,12H,3-5,7H2,1-2H3,(H2,11,13,14). The van der Waals surface area contributed by atoms with E-state index >= 15 is 0 Å². The lowest BCUT2D eigenvalue weighted by molar-refractivity contribution is 0.590. The van der Waals surface area contributed by atoms with Crippen molar-refractivity contribution >= 4 is 21.4 Å². The maximum Gasteiger partial charge on any atom is 0.209 e. The fraction of sp³-hybridized carbons (Fsp3) is 0.600. The number of hydrogen-bond donors (Lipinski definition) is 2. The zero-order valence-electron chi connectivity index (χ0n) is 9.62. The van der Waals surface area contributed by atoms with Crippen LogP contribution < -0.4 is 10.5 Å². The van der Waals surface area contributed by atoms with Crippen LogP contribution in [0, 0.1) is 13.8 Å². The van der Waals surface area contributed by atoms with Crippen molar-refractivity contribution in [3.05, 3.63) is 21.4 Å². The molecule has 1 rings (SSSR count). The average Bonchev–Trinajstić information content (AvgIpc) is 2.42. The first-order valence-corrected chi connectivity index (χ1v) is 7.69. The van der Waals surface area contributed by atoms with Crippen LogP contribution >= 0.6 is 11.3 Å². The SMILES string of the molecule is Cc1cc(CNCCCS(N)(=O)=O)c(C)s1. The minimum Gasteiger partial charge on any atom is -0.313 e. The van der Waals surface area contributed by atoms with E-state index in [4.69, 9.17) is 5.14 Å². The Bertz CT molecular complexity index is 438. The highest BCUT2D eigenvalue weighted by Gasteiger charge is 2.03. The highest BCUT2D eigenvalue weighted by Crippen LogP contribution is 2.20. The van der Waals surface area contributed by atoms with E-state index in [2.05, 4.69) is 25.2 Å². The van der Waals surface area contributed by atoms with Crippen LogP contribution in [0.5, 0.6) is 0 Å². The zero-order valence-corrected chi connectivity index (χ0v) is 11.2. The van der Waals surface area contributed by atoms with Gasteiger partial charge in [-0.2, -0.15) is 0 Å². The van der Waals surface area contributed by atoms with Gasteiger partial charge in [-0.1, -0.05) is 0 Å². The fourth-order valence-electron chi connectivity index (χ4n) is 1.48. The molecule has 16 heavy (non-hydrogen) atoms. The second-order valence-corrected chi connectivity index (χ2v) is 7.03. The molecule has 3 N–H and O–H groups in total. The van der Waals surface area contributed by atoms with Gasteiger partial charge in [0.2, 0.25) is 10.0 Å². The van der Waals surface area contributed by atoms with Gasteiger partial charge in [0.1, 0.15) is 0 Å². The number of rotatable bonds is 6. The Morgan fingerprint density at radius 2 is 2.12 bits per heavy atom. The van der Waals surface area contributed by atoms with Crippen LogP contribution in [-0.2, 0) is 16.6 Å². The van der Waals surface area contributed by atoms with Crippen molar-refractivity contribution in [2.45, 2.75) is 26.8 Å². The third-order valence-corrected chi connectivity index (χ3v) is 4.11. The van der Waals surface area contributed by atoms with Crippen LogP contribution in [0.15, 0.2) is 6.07 Å². The Hall–Kier alpha value is -0.430. The molecule has 0 aliphatic heterocycles. The quantitative estimate of drug-likeness (QED) is 0.755.